The summed E-state index contributed by atoms with van der Waals surface area (Å²) >= 11 is 18.3. The summed E-state index contributed by atoms with van der Waals surface area (Å²) in [6.45, 7) is 3.76. The number of hydrogen-bond donors (Lipinski definition) is 0. The highest BCUT2D eigenvalue weighted by molar-refractivity contribution is 6.42. The van der Waals surface area contributed by atoms with E-state index in [1.54, 1.807) is 18.5 Å². The lowest BCUT2D eigenvalue weighted by Crippen LogP contribution is -2.20. The Morgan fingerprint density at radius 2 is 1.95 bits per heavy atom. The zero-order chi connectivity index (χ0) is 15.9. The number of aryl methyl sites for hydroxylation is 1. The third-order valence-corrected chi connectivity index (χ3v) is 4.42. The van der Waals surface area contributed by atoms with Crippen molar-refractivity contribution in [1.29, 1.82) is 0 Å². The van der Waals surface area contributed by atoms with Crippen molar-refractivity contribution in [3.8, 4) is 0 Å². The predicted octanol–water partition coefficient (Wildman–Crippen LogP) is 5.24. The highest BCUT2D eigenvalue weighted by Crippen LogP contribution is 2.30. The summed E-state index contributed by atoms with van der Waals surface area (Å²) < 4.78 is 12.9. The molecule has 0 fully saturated rings. The Kier molecular flexibility index (Phi) is 4.19. The maximum atomic E-state index is 6.22. The molecule has 0 unspecified atom stereocenters. The number of nitrogens with zero attached hydrogens (tertiary/aromatic N) is 2. The third-order valence-electron chi connectivity index (χ3n) is 3.40. The average molecular weight is 362 g/mol. The summed E-state index contributed by atoms with van der Waals surface area (Å²) in [7, 11) is 0. The van der Waals surface area contributed by atoms with Crippen molar-refractivity contribution < 1.29 is 9.47 Å². The van der Waals surface area contributed by atoms with Crippen LogP contribution >= 0.6 is 34.8 Å². The molecular weight excluding hydrogens is 347 g/mol. The minimum absolute atomic E-state index is 0.464. The van der Waals surface area contributed by atoms with Crippen LogP contribution in [0.15, 0.2) is 24.3 Å². The summed E-state index contributed by atoms with van der Waals surface area (Å²) in [5.74, 6) is 0.275. The van der Waals surface area contributed by atoms with E-state index in [0.717, 1.165) is 30.7 Å². The number of hydrogen-bond acceptors (Lipinski definition) is 3. The summed E-state index contributed by atoms with van der Waals surface area (Å²) in [4.78, 5) is 4.30. The van der Waals surface area contributed by atoms with Crippen LogP contribution in [0, 0.1) is 0 Å². The molecule has 0 amide bonds. The quantitative estimate of drug-likeness (QED) is 0.747. The average Bonchev–Trinajstić information content (AvgIpc) is 2.92. The third kappa shape index (κ3) is 3.14. The molecule has 7 heteroatoms. The molecule has 2 aromatic heterocycles. The second-order valence-corrected chi connectivity index (χ2v) is 6.78. The van der Waals surface area contributed by atoms with Gasteiger partial charge in [0.05, 0.1) is 15.7 Å². The van der Waals surface area contributed by atoms with Crippen molar-refractivity contribution in [2.24, 2.45) is 0 Å². The molecule has 0 saturated heterocycles. The van der Waals surface area contributed by atoms with Gasteiger partial charge in [-0.2, -0.15) is 0 Å². The Balaban J connectivity index is 1.72. The highest BCUT2D eigenvalue weighted by Gasteiger charge is 2.27. The monoisotopic (exact) mass is 360 g/mol. The van der Waals surface area contributed by atoms with Gasteiger partial charge in [0, 0.05) is 32.5 Å². The van der Waals surface area contributed by atoms with Crippen LogP contribution < -0.4 is 0 Å². The zero-order valence-electron chi connectivity index (χ0n) is 12.2. The van der Waals surface area contributed by atoms with E-state index in [-0.39, 0.29) is 0 Å². The number of imidazole rings is 1. The minimum Gasteiger partial charge on any atom is -0.457 e. The van der Waals surface area contributed by atoms with Gasteiger partial charge < -0.3 is 13.9 Å². The van der Waals surface area contributed by atoms with Gasteiger partial charge in [-0.1, -0.05) is 34.8 Å². The summed E-state index contributed by atoms with van der Waals surface area (Å²) in [5.41, 5.74) is 1.60. The number of rotatable bonds is 4. The Morgan fingerprint density at radius 3 is 2.64 bits per heavy atom. The Labute approximate surface area is 143 Å². The molecule has 0 atom stereocenters. The first-order valence-corrected chi connectivity index (χ1v) is 8.06. The van der Waals surface area contributed by atoms with E-state index in [1.807, 2.05) is 18.2 Å². The van der Waals surface area contributed by atoms with Crippen molar-refractivity contribution in [1.82, 2.24) is 9.38 Å². The lowest BCUT2D eigenvalue weighted by Gasteiger charge is -2.18. The molecule has 1 aliphatic rings. The Hall–Kier alpha value is -1.10. The van der Waals surface area contributed by atoms with E-state index in [2.05, 4.69) is 4.98 Å². The second kappa shape index (κ2) is 5.84. The molecule has 0 N–H and O–H groups in total. The van der Waals surface area contributed by atoms with Crippen LogP contribution in [0.1, 0.15) is 32.4 Å². The van der Waals surface area contributed by atoms with E-state index < -0.39 is 5.79 Å². The maximum Gasteiger partial charge on any atom is 0.244 e. The van der Waals surface area contributed by atoms with Crippen LogP contribution in [0.2, 0.25) is 15.2 Å². The molecule has 22 heavy (non-hydrogen) atoms. The largest absolute Gasteiger partial charge is 0.457 e. The van der Waals surface area contributed by atoms with Gasteiger partial charge in [-0.15, -0.1) is 0 Å². The highest BCUT2D eigenvalue weighted by atomic mass is 35.5. The van der Waals surface area contributed by atoms with Crippen molar-refractivity contribution in [2.45, 2.75) is 38.9 Å². The number of fused-ring (bicyclic) bond motifs is 1. The zero-order valence-corrected chi connectivity index (χ0v) is 14.5. The molecule has 0 aromatic carbocycles. The van der Waals surface area contributed by atoms with Crippen LogP contribution in [-0.2, 0) is 15.9 Å². The minimum atomic E-state index is -0.569. The topological polar surface area (TPSA) is 35.8 Å². The summed E-state index contributed by atoms with van der Waals surface area (Å²) in [6.07, 6.45) is 5.80. The predicted molar refractivity (Wildman–Crippen MR) is 87.5 cm³/mol. The van der Waals surface area contributed by atoms with Gasteiger partial charge in [-0.05, 0) is 12.8 Å². The van der Waals surface area contributed by atoms with Gasteiger partial charge in [0.1, 0.15) is 17.7 Å². The van der Waals surface area contributed by atoms with E-state index in [0.29, 0.717) is 20.8 Å². The number of aromatic nitrogens is 2. The fraction of sp³-hybridized carbons (Fsp3) is 0.400. The summed E-state index contributed by atoms with van der Waals surface area (Å²) in [6, 6.07) is 1.71. The molecular formula is C15H15Cl3N2O2. The van der Waals surface area contributed by atoms with Crippen molar-refractivity contribution in [3.05, 3.63) is 45.2 Å². The Morgan fingerprint density at radius 1 is 1.18 bits per heavy atom. The number of halogens is 3. The second-order valence-electron chi connectivity index (χ2n) is 5.60. The van der Waals surface area contributed by atoms with Crippen LogP contribution in [0.25, 0.3) is 5.65 Å². The molecule has 0 bridgehead atoms. The first kappa shape index (κ1) is 15.8. The van der Waals surface area contributed by atoms with Gasteiger partial charge in [0.25, 0.3) is 0 Å². The Bertz CT molecular complexity index is 753. The number of pyridine rings is 1. The van der Waals surface area contributed by atoms with Gasteiger partial charge in [-0.25, -0.2) is 4.98 Å². The molecule has 1 aliphatic heterocycles. The maximum absolute atomic E-state index is 6.22. The molecule has 0 spiro atoms. The molecule has 3 heterocycles. The lowest BCUT2D eigenvalue weighted by molar-refractivity contribution is -0.117. The molecule has 3 rings (SSSR count). The van der Waals surface area contributed by atoms with Gasteiger partial charge in [0.2, 0.25) is 5.79 Å². The standard InChI is InChI=1S/C15H15Cl3N2O2/c1-15(2)21-8-9(22-15)4-3-5-12-14(18)19-13-6-10(16)11(17)7-20(12)13/h6-8H,3-5H2,1-2H3. The fourth-order valence-electron chi connectivity index (χ4n) is 2.39. The van der Waals surface area contributed by atoms with E-state index in [4.69, 9.17) is 44.3 Å². The van der Waals surface area contributed by atoms with E-state index in [1.165, 1.54) is 0 Å². The van der Waals surface area contributed by atoms with Crippen molar-refractivity contribution >= 4 is 40.4 Å². The SMILES string of the molecule is CC1(C)OC=C(CCCc2c(Cl)nc3cc(Cl)c(Cl)cn23)O1. The van der Waals surface area contributed by atoms with Crippen LogP contribution in [0.5, 0.6) is 0 Å². The fourth-order valence-corrected chi connectivity index (χ4v) is 2.97. The molecule has 4 nitrogen and oxygen atoms in total. The first-order chi connectivity index (χ1) is 10.4. The molecule has 0 radical (unpaired) electrons. The van der Waals surface area contributed by atoms with Gasteiger partial charge >= 0.3 is 0 Å². The van der Waals surface area contributed by atoms with Crippen LogP contribution in [0.3, 0.4) is 0 Å². The van der Waals surface area contributed by atoms with E-state index in [9.17, 15) is 0 Å². The molecule has 2 aromatic rings. The normalized spacial score (nSPS) is 16.5. The molecule has 118 valence electrons. The van der Waals surface area contributed by atoms with Gasteiger partial charge in [0.15, 0.2) is 5.15 Å². The number of ether oxygens (including phenoxy) is 2. The van der Waals surface area contributed by atoms with Crippen molar-refractivity contribution in [3.63, 3.8) is 0 Å². The van der Waals surface area contributed by atoms with Crippen molar-refractivity contribution in [2.75, 3.05) is 0 Å². The molecule has 0 saturated carbocycles. The summed E-state index contributed by atoms with van der Waals surface area (Å²) in [5, 5.41) is 1.41. The van der Waals surface area contributed by atoms with Crippen LogP contribution in [-0.4, -0.2) is 15.2 Å². The van der Waals surface area contributed by atoms with Crippen LogP contribution in [0.4, 0.5) is 0 Å². The molecule has 0 aliphatic carbocycles. The first-order valence-electron chi connectivity index (χ1n) is 6.93. The number of allylic oxidation sites excluding steroid dienone is 1. The van der Waals surface area contributed by atoms with Gasteiger partial charge in [-0.3, -0.25) is 0 Å². The smallest absolute Gasteiger partial charge is 0.244 e. The lowest BCUT2D eigenvalue weighted by atomic mass is 10.2. The van der Waals surface area contributed by atoms with E-state index >= 15 is 0 Å².